The lowest BCUT2D eigenvalue weighted by Gasteiger charge is -2.12. The number of esters is 1. The minimum absolute atomic E-state index is 0.117. The predicted octanol–water partition coefficient (Wildman–Crippen LogP) is 1.88. The van der Waals surface area contributed by atoms with Crippen molar-refractivity contribution in [2.45, 2.75) is 13.5 Å². The molecule has 0 bridgehead atoms. The lowest BCUT2D eigenvalue weighted by molar-refractivity contribution is -0.141. The van der Waals surface area contributed by atoms with Gasteiger partial charge in [-0.25, -0.2) is 9.37 Å². The van der Waals surface area contributed by atoms with Gasteiger partial charge in [-0.1, -0.05) is 12.1 Å². The number of fused-ring (bicyclic) bond motifs is 1. The molecule has 1 aromatic carbocycles. The highest BCUT2D eigenvalue weighted by molar-refractivity contribution is 5.98. The second-order valence-electron chi connectivity index (χ2n) is 5.98. The Morgan fingerprint density at radius 3 is 2.68 bits per heavy atom. The number of ether oxygens (including phenoxy) is 1. The molecule has 0 saturated carbocycles. The first-order valence-electron chi connectivity index (χ1n) is 8.66. The van der Waals surface area contributed by atoms with Gasteiger partial charge in [0.1, 0.15) is 23.6 Å². The molecule has 0 aliphatic rings. The Bertz CT molecular complexity index is 1080. The van der Waals surface area contributed by atoms with Gasteiger partial charge in [0.15, 0.2) is 0 Å². The molecule has 0 unspecified atom stereocenters. The van der Waals surface area contributed by atoms with Crippen molar-refractivity contribution in [1.29, 1.82) is 0 Å². The summed E-state index contributed by atoms with van der Waals surface area (Å²) in [4.78, 5) is 41.1. The van der Waals surface area contributed by atoms with Crippen molar-refractivity contribution >= 4 is 22.9 Å². The second-order valence-corrected chi connectivity index (χ2v) is 5.98. The van der Waals surface area contributed by atoms with Gasteiger partial charge in [0.2, 0.25) is 0 Å². The van der Waals surface area contributed by atoms with Crippen LogP contribution in [-0.2, 0) is 16.1 Å². The average molecular weight is 383 g/mol. The molecule has 1 amide bonds. The third kappa shape index (κ3) is 4.22. The highest BCUT2D eigenvalue weighted by Gasteiger charge is 2.17. The molecule has 2 heterocycles. The summed E-state index contributed by atoms with van der Waals surface area (Å²) in [6.45, 7) is 1.63. The molecule has 1 N–H and O–H groups in total. The number of aromatic nitrogens is 2. The fraction of sp³-hybridized carbons (Fsp3) is 0.200. The van der Waals surface area contributed by atoms with E-state index in [-0.39, 0.29) is 31.1 Å². The molecule has 0 aliphatic carbocycles. The van der Waals surface area contributed by atoms with Gasteiger partial charge in [-0.15, -0.1) is 0 Å². The number of amides is 1. The van der Waals surface area contributed by atoms with E-state index in [1.54, 1.807) is 37.4 Å². The minimum atomic E-state index is -0.684. The van der Waals surface area contributed by atoms with Gasteiger partial charge in [0.25, 0.3) is 11.5 Å². The number of carbonyl (C=O) groups excluding carboxylic acids is 2. The van der Waals surface area contributed by atoms with Crippen LogP contribution in [0.2, 0.25) is 0 Å². The number of pyridine rings is 2. The van der Waals surface area contributed by atoms with Gasteiger partial charge in [0, 0.05) is 11.6 Å². The Kier molecular flexibility index (Phi) is 5.78. The number of nitrogens with zero attached hydrogens (tertiary/aromatic N) is 2. The number of hydrogen-bond donors (Lipinski definition) is 1. The Morgan fingerprint density at radius 2 is 1.96 bits per heavy atom. The van der Waals surface area contributed by atoms with Crippen LogP contribution < -0.4 is 10.9 Å². The molecule has 0 atom stereocenters. The van der Waals surface area contributed by atoms with Gasteiger partial charge >= 0.3 is 5.97 Å². The third-order valence-electron chi connectivity index (χ3n) is 4.05. The predicted molar refractivity (Wildman–Crippen MR) is 100 cm³/mol. The van der Waals surface area contributed by atoms with Crippen molar-refractivity contribution in [3.8, 4) is 0 Å². The monoisotopic (exact) mass is 383 g/mol. The van der Waals surface area contributed by atoms with E-state index in [0.717, 1.165) is 0 Å². The zero-order valence-electron chi connectivity index (χ0n) is 15.1. The molecule has 3 aromatic rings. The van der Waals surface area contributed by atoms with Crippen molar-refractivity contribution in [1.82, 2.24) is 14.9 Å². The van der Waals surface area contributed by atoms with E-state index < -0.39 is 17.4 Å². The van der Waals surface area contributed by atoms with Gasteiger partial charge in [-0.2, -0.15) is 0 Å². The van der Waals surface area contributed by atoms with Crippen molar-refractivity contribution in [3.63, 3.8) is 0 Å². The summed E-state index contributed by atoms with van der Waals surface area (Å²) in [6.07, 6.45) is 1.55. The van der Waals surface area contributed by atoms with Gasteiger partial charge in [0.05, 0.1) is 13.2 Å². The lowest BCUT2D eigenvalue weighted by atomic mass is 10.1. The molecule has 7 nitrogen and oxygen atoms in total. The Hall–Kier alpha value is -3.55. The van der Waals surface area contributed by atoms with Crippen molar-refractivity contribution in [3.05, 3.63) is 76.0 Å². The normalized spacial score (nSPS) is 10.6. The maximum Gasteiger partial charge on any atom is 0.325 e. The van der Waals surface area contributed by atoms with Crippen LogP contribution in [0.5, 0.6) is 0 Å². The van der Waals surface area contributed by atoms with Crippen LogP contribution in [0.25, 0.3) is 11.0 Å². The maximum atomic E-state index is 13.2. The molecule has 0 aliphatic heterocycles. The van der Waals surface area contributed by atoms with Crippen molar-refractivity contribution in [2.75, 3.05) is 13.2 Å². The summed E-state index contributed by atoms with van der Waals surface area (Å²) in [6, 6.07) is 10.6. The third-order valence-corrected chi connectivity index (χ3v) is 4.05. The van der Waals surface area contributed by atoms with Gasteiger partial charge in [-0.3, -0.25) is 19.0 Å². The summed E-state index contributed by atoms with van der Waals surface area (Å²) in [7, 11) is 0. The zero-order chi connectivity index (χ0) is 20.1. The summed E-state index contributed by atoms with van der Waals surface area (Å²) in [5.41, 5.74) is 0.405. The molecular weight excluding hydrogens is 365 g/mol. The van der Waals surface area contributed by atoms with Crippen LogP contribution in [0.4, 0.5) is 4.39 Å². The van der Waals surface area contributed by atoms with E-state index in [2.05, 4.69) is 10.3 Å². The van der Waals surface area contributed by atoms with Gasteiger partial charge in [-0.05, 0) is 42.8 Å². The van der Waals surface area contributed by atoms with E-state index in [9.17, 15) is 18.8 Å². The van der Waals surface area contributed by atoms with Crippen molar-refractivity contribution < 1.29 is 18.7 Å². The molecular formula is C20H18FN3O4. The summed E-state index contributed by atoms with van der Waals surface area (Å²) in [5, 5.41) is 2.98. The van der Waals surface area contributed by atoms with Crippen LogP contribution in [0, 0.1) is 5.82 Å². The summed E-state index contributed by atoms with van der Waals surface area (Å²) in [5.74, 6) is -1.66. The van der Waals surface area contributed by atoms with E-state index >= 15 is 0 Å². The highest BCUT2D eigenvalue weighted by Crippen LogP contribution is 2.13. The van der Waals surface area contributed by atoms with E-state index in [1.165, 1.54) is 22.8 Å². The first kappa shape index (κ1) is 19.2. The quantitative estimate of drug-likeness (QED) is 0.657. The van der Waals surface area contributed by atoms with Crippen molar-refractivity contribution in [2.24, 2.45) is 0 Å². The fourth-order valence-corrected chi connectivity index (χ4v) is 2.75. The van der Waals surface area contributed by atoms with Crippen LogP contribution in [-0.4, -0.2) is 34.6 Å². The number of nitrogens with one attached hydrogen (secondary N) is 1. The molecule has 2 aromatic heterocycles. The topological polar surface area (TPSA) is 90.3 Å². The molecule has 0 saturated heterocycles. The lowest BCUT2D eigenvalue weighted by Crippen LogP contribution is -2.36. The number of carbonyl (C=O) groups is 2. The van der Waals surface area contributed by atoms with Crippen LogP contribution in [0.15, 0.2) is 53.5 Å². The minimum Gasteiger partial charge on any atom is -0.465 e. The average Bonchev–Trinajstić information content (AvgIpc) is 2.70. The van der Waals surface area contributed by atoms with E-state index in [1.807, 2.05) is 0 Å². The standard InChI is InChI=1S/C20H18FN3O4/c1-2-28-17(25)11-23-19(26)16-10-14-4-3-9-22-18(14)24(20(16)27)12-13-5-7-15(21)8-6-13/h3-10H,2,11-12H2,1H3,(H,23,26). The van der Waals surface area contributed by atoms with Gasteiger partial charge < -0.3 is 10.1 Å². The second kappa shape index (κ2) is 8.43. The Morgan fingerprint density at radius 1 is 1.21 bits per heavy atom. The SMILES string of the molecule is CCOC(=O)CNC(=O)c1cc2cccnc2n(Cc2ccc(F)cc2)c1=O. The zero-order valence-corrected chi connectivity index (χ0v) is 15.1. The summed E-state index contributed by atoms with van der Waals surface area (Å²) >= 11 is 0. The van der Waals surface area contributed by atoms with E-state index in [4.69, 9.17) is 4.74 Å². The highest BCUT2D eigenvalue weighted by atomic mass is 19.1. The van der Waals surface area contributed by atoms with Crippen LogP contribution in [0.1, 0.15) is 22.8 Å². The van der Waals surface area contributed by atoms with Crippen LogP contribution >= 0.6 is 0 Å². The first-order chi connectivity index (χ1) is 13.5. The molecule has 8 heteroatoms. The molecule has 144 valence electrons. The van der Waals surface area contributed by atoms with Crippen LogP contribution in [0.3, 0.4) is 0 Å². The molecule has 28 heavy (non-hydrogen) atoms. The molecule has 0 fully saturated rings. The number of halogens is 1. The molecule has 0 radical (unpaired) electrons. The number of rotatable bonds is 6. The first-order valence-corrected chi connectivity index (χ1v) is 8.66. The Balaban J connectivity index is 1.99. The maximum absolute atomic E-state index is 13.2. The Labute approximate surface area is 159 Å². The largest absolute Gasteiger partial charge is 0.465 e. The van der Waals surface area contributed by atoms with E-state index in [0.29, 0.717) is 16.6 Å². The number of benzene rings is 1. The fourth-order valence-electron chi connectivity index (χ4n) is 2.75. The number of hydrogen-bond acceptors (Lipinski definition) is 5. The molecule has 0 spiro atoms. The molecule has 3 rings (SSSR count). The summed E-state index contributed by atoms with van der Waals surface area (Å²) < 4.78 is 19.3. The smallest absolute Gasteiger partial charge is 0.325 e.